The number of hydrogen-bond donors (Lipinski definition) is 2. The molecule has 0 aliphatic heterocycles. The average Bonchev–Trinajstić information content (AvgIpc) is 3.09. The predicted octanol–water partition coefficient (Wildman–Crippen LogP) is 2.85. The van der Waals surface area contributed by atoms with Crippen LogP contribution in [0.15, 0.2) is 16.5 Å². The number of unbranched alkanes of at least 4 members (excludes halogenated alkanes) is 1. The first-order valence-corrected chi connectivity index (χ1v) is 7.40. The second-order valence-corrected chi connectivity index (χ2v) is 5.23. The zero-order chi connectivity index (χ0) is 12.6. The Kier molecular flexibility index (Phi) is 5.75. The van der Waals surface area contributed by atoms with Gasteiger partial charge in [0.1, 0.15) is 11.5 Å². The van der Waals surface area contributed by atoms with E-state index in [4.69, 9.17) is 4.42 Å². The van der Waals surface area contributed by atoms with E-state index in [1.807, 2.05) is 0 Å². The molecule has 0 bridgehead atoms. The summed E-state index contributed by atoms with van der Waals surface area (Å²) in [5.74, 6) is 2.20. The molecular formula is C15H26N2O. The molecule has 1 aromatic heterocycles. The summed E-state index contributed by atoms with van der Waals surface area (Å²) in [6.45, 7) is 5.26. The number of furan rings is 1. The van der Waals surface area contributed by atoms with Gasteiger partial charge in [-0.05, 0) is 57.3 Å². The molecule has 1 heterocycles. The van der Waals surface area contributed by atoms with E-state index in [0.717, 1.165) is 43.6 Å². The molecule has 3 heteroatoms. The van der Waals surface area contributed by atoms with Gasteiger partial charge < -0.3 is 15.1 Å². The Hall–Kier alpha value is -0.800. The summed E-state index contributed by atoms with van der Waals surface area (Å²) in [5.41, 5.74) is 0. The van der Waals surface area contributed by atoms with E-state index in [2.05, 4.69) is 29.7 Å². The van der Waals surface area contributed by atoms with Crippen molar-refractivity contribution < 1.29 is 4.42 Å². The van der Waals surface area contributed by atoms with Gasteiger partial charge >= 0.3 is 0 Å². The van der Waals surface area contributed by atoms with E-state index in [0.29, 0.717) is 0 Å². The average molecular weight is 250 g/mol. The van der Waals surface area contributed by atoms with Gasteiger partial charge in [0, 0.05) is 12.5 Å². The Bertz CT molecular complexity index is 331. The predicted molar refractivity (Wildman–Crippen MR) is 74.7 cm³/mol. The van der Waals surface area contributed by atoms with Crippen LogP contribution in [0.4, 0.5) is 0 Å². The molecule has 1 aliphatic carbocycles. The highest BCUT2D eigenvalue weighted by Crippen LogP contribution is 2.18. The Morgan fingerprint density at radius 1 is 1.17 bits per heavy atom. The Morgan fingerprint density at radius 3 is 2.78 bits per heavy atom. The summed E-state index contributed by atoms with van der Waals surface area (Å²) in [6, 6.07) is 5.06. The molecule has 2 N–H and O–H groups in total. The van der Waals surface area contributed by atoms with Crippen LogP contribution in [0.25, 0.3) is 0 Å². The molecule has 0 aromatic carbocycles. The highest BCUT2D eigenvalue weighted by Gasteiger charge is 2.19. The summed E-state index contributed by atoms with van der Waals surface area (Å²) < 4.78 is 5.79. The lowest BCUT2D eigenvalue weighted by molar-refractivity contribution is 0.440. The molecule has 102 valence electrons. The van der Waals surface area contributed by atoms with Crippen LogP contribution in [0.3, 0.4) is 0 Å². The van der Waals surface area contributed by atoms with Crippen LogP contribution in [0.1, 0.15) is 50.5 Å². The van der Waals surface area contributed by atoms with Crippen molar-refractivity contribution in [3.05, 3.63) is 23.7 Å². The molecule has 2 rings (SSSR count). The normalized spacial score (nSPS) is 15.2. The molecule has 1 fully saturated rings. The molecule has 18 heavy (non-hydrogen) atoms. The van der Waals surface area contributed by atoms with Crippen LogP contribution in [-0.2, 0) is 13.0 Å². The molecule has 0 radical (unpaired) electrons. The fourth-order valence-electron chi connectivity index (χ4n) is 2.06. The second kappa shape index (κ2) is 7.59. The van der Waals surface area contributed by atoms with Gasteiger partial charge in [-0.15, -0.1) is 0 Å². The van der Waals surface area contributed by atoms with Crippen molar-refractivity contribution in [3.8, 4) is 0 Å². The number of rotatable bonds is 10. The minimum atomic E-state index is 0.838. The monoisotopic (exact) mass is 250 g/mol. The van der Waals surface area contributed by atoms with Gasteiger partial charge in [-0.1, -0.05) is 6.92 Å². The van der Waals surface area contributed by atoms with Crippen LogP contribution in [-0.4, -0.2) is 19.1 Å². The minimum Gasteiger partial charge on any atom is -0.465 e. The summed E-state index contributed by atoms with van der Waals surface area (Å²) in [6.07, 6.45) is 7.47. The maximum absolute atomic E-state index is 5.79. The third-order valence-corrected chi connectivity index (χ3v) is 3.30. The maximum Gasteiger partial charge on any atom is 0.117 e. The molecule has 3 nitrogen and oxygen atoms in total. The van der Waals surface area contributed by atoms with E-state index in [1.54, 1.807) is 0 Å². The molecule has 1 aliphatic rings. The SMILES string of the molecule is CCCNCc1ccc(CCCCNC2CC2)o1. The van der Waals surface area contributed by atoms with Crippen molar-refractivity contribution in [2.24, 2.45) is 0 Å². The van der Waals surface area contributed by atoms with Gasteiger partial charge in [-0.2, -0.15) is 0 Å². The van der Waals surface area contributed by atoms with Gasteiger partial charge in [0.15, 0.2) is 0 Å². The van der Waals surface area contributed by atoms with Crippen molar-refractivity contribution in [1.29, 1.82) is 0 Å². The maximum atomic E-state index is 5.79. The van der Waals surface area contributed by atoms with Crippen molar-refractivity contribution in [3.63, 3.8) is 0 Å². The molecule has 0 spiro atoms. The van der Waals surface area contributed by atoms with Crippen LogP contribution >= 0.6 is 0 Å². The summed E-state index contributed by atoms with van der Waals surface area (Å²) in [7, 11) is 0. The lowest BCUT2D eigenvalue weighted by Crippen LogP contribution is -2.17. The lowest BCUT2D eigenvalue weighted by Gasteiger charge is -2.02. The van der Waals surface area contributed by atoms with Gasteiger partial charge in [0.2, 0.25) is 0 Å². The van der Waals surface area contributed by atoms with Crippen LogP contribution in [0.2, 0.25) is 0 Å². The van der Waals surface area contributed by atoms with Crippen molar-refractivity contribution in [2.75, 3.05) is 13.1 Å². The zero-order valence-corrected chi connectivity index (χ0v) is 11.5. The van der Waals surface area contributed by atoms with Gasteiger partial charge in [0.05, 0.1) is 6.54 Å². The van der Waals surface area contributed by atoms with Gasteiger partial charge in [0.25, 0.3) is 0 Å². The van der Waals surface area contributed by atoms with E-state index in [-0.39, 0.29) is 0 Å². The van der Waals surface area contributed by atoms with E-state index >= 15 is 0 Å². The lowest BCUT2D eigenvalue weighted by atomic mass is 10.2. The number of aryl methyl sites for hydroxylation is 1. The van der Waals surface area contributed by atoms with Gasteiger partial charge in [-0.25, -0.2) is 0 Å². The molecule has 0 amide bonds. The first kappa shape index (κ1) is 13.6. The van der Waals surface area contributed by atoms with Crippen molar-refractivity contribution in [1.82, 2.24) is 10.6 Å². The van der Waals surface area contributed by atoms with Crippen LogP contribution < -0.4 is 10.6 Å². The highest BCUT2D eigenvalue weighted by molar-refractivity contribution is 5.07. The molecule has 0 unspecified atom stereocenters. The molecule has 0 saturated heterocycles. The van der Waals surface area contributed by atoms with Crippen molar-refractivity contribution in [2.45, 2.75) is 58.0 Å². The zero-order valence-electron chi connectivity index (χ0n) is 11.5. The van der Waals surface area contributed by atoms with E-state index in [1.165, 1.54) is 32.1 Å². The molecule has 1 aromatic rings. The van der Waals surface area contributed by atoms with Crippen LogP contribution in [0.5, 0.6) is 0 Å². The van der Waals surface area contributed by atoms with E-state index < -0.39 is 0 Å². The Morgan fingerprint density at radius 2 is 2.00 bits per heavy atom. The second-order valence-electron chi connectivity index (χ2n) is 5.23. The quantitative estimate of drug-likeness (QED) is 0.627. The topological polar surface area (TPSA) is 37.2 Å². The summed E-state index contributed by atoms with van der Waals surface area (Å²) in [4.78, 5) is 0. The number of nitrogens with one attached hydrogen (secondary N) is 2. The third-order valence-electron chi connectivity index (χ3n) is 3.30. The Labute approximate surface area is 110 Å². The summed E-state index contributed by atoms with van der Waals surface area (Å²) in [5, 5.41) is 6.90. The van der Waals surface area contributed by atoms with E-state index in [9.17, 15) is 0 Å². The molecule has 1 saturated carbocycles. The standard InChI is InChI=1S/C15H26N2O/c1-2-10-16-12-15-9-8-14(18-15)5-3-4-11-17-13-6-7-13/h8-9,13,16-17H,2-7,10-12H2,1H3. The first-order valence-electron chi connectivity index (χ1n) is 7.40. The highest BCUT2D eigenvalue weighted by atomic mass is 16.3. The largest absolute Gasteiger partial charge is 0.465 e. The third kappa shape index (κ3) is 5.23. The molecule has 0 atom stereocenters. The first-order chi connectivity index (χ1) is 8.88. The Balaban J connectivity index is 1.54. The minimum absolute atomic E-state index is 0.838. The fourth-order valence-corrected chi connectivity index (χ4v) is 2.06. The number of hydrogen-bond acceptors (Lipinski definition) is 3. The van der Waals surface area contributed by atoms with Gasteiger partial charge in [-0.3, -0.25) is 0 Å². The summed E-state index contributed by atoms with van der Waals surface area (Å²) >= 11 is 0. The van der Waals surface area contributed by atoms with Crippen molar-refractivity contribution >= 4 is 0 Å². The van der Waals surface area contributed by atoms with Crippen LogP contribution in [0, 0.1) is 0 Å². The molecular weight excluding hydrogens is 224 g/mol. The smallest absolute Gasteiger partial charge is 0.117 e. The fraction of sp³-hybridized carbons (Fsp3) is 0.733.